The largest absolute Gasteiger partial charge is 0.493 e. The molecule has 0 spiro atoms. The Morgan fingerprint density at radius 2 is 1.92 bits per heavy atom. The molecule has 3 aromatic rings. The van der Waals surface area contributed by atoms with E-state index < -0.39 is 5.69 Å². The van der Waals surface area contributed by atoms with Crippen LogP contribution in [0.4, 0.5) is 0 Å². The van der Waals surface area contributed by atoms with E-state index in [0.717, 1.165) is 16.7 Å². The second-order valence-corrected chi connectivity index (χ2v) is 5.62. The highest BCUT2D eigenvalue weighted by molar-refractivity contribution is 5.78. The summed E-state index contributed by atoms with van der Waals surface area (Å²) >= 11 is 0. The van der Waals surface area contributed by atoms with Gasteiger partial charge in [0.2, 0.25) is 11.8 Å². The first-order valence-electron chi connectivity index (χ1n) is 7.88. The second kappa shape index (κ2) is 7.48. The van der Waals surface area contributed by atoms with E-state index in [-0.39, 0.29) is 23.9 Å². The van der Waals surface area contributed by atoms with Crippen LogP contribution in [0, 0.1) is 0 Å². The normalized spacial score (nSPS) is 10.6. The minimum absolute atomic E-state index is 0.0789. The van der Waals surface area contributed by atoms with Gasteiger partial charge in [-0.2, -0.15) is 0 Å². The average molecular weight is 338 g/mol. The van der Waals surface area contributed by atoms with E-state index >= 15 is 0 Å². The number of carbonyl (C=O) groups excluding carboxylic acids is 1. The summed E-state index contributed by atoms with van der Waals surface area (Å²) in [6.07, 6.45) is 4.17. The standard InChI is InChI=1S/C18H18N4O3/c23-16(10-15-17(24)22-18(25)21-15)20-9-7-12-3-5-13(6-4-12)14-2-1-8-19-11-14/h1-6,8,11,24H,7,9-10H2,(H,20,23)(H2,21,22,25). The highest BCUT2D eigenvalue weighted by Gasteiger charge is 2.10. The zero-order valence-electron chi connectivity index (χ0n) is 13.5. The number of benzene rings is 1. The summed E-state index contributed by atoms with van der Waals surface area (Å²) in [5.74, 6) is -0.566. The molecule has 0 atom stereocenters. The van der Waals surface area contributed by atoms with Crippen molar-refractivity contribution in [2.75, 3.05) is 6.54 Å². The summed E-state index contributed by atoms with van der Waals surface area (Å²) in [4.78, 5) is 31.5. The Hall–Kier alpha value is -3.35. The summed E-state index contributed by atoms with van der Waals surface area (Å²) in [5.41, 5.74) is 2.90. The monoisotopic (exact) mass is 338 g/mol. The van der Waals surface area contributed by atoms with E-state index in [2.05, 4.69) is 20.3 Å². The summed E-state index contributed by atoms with van der Waals surface area (Å²) in [6, 6.07) is 12.0. The quantitative estimate of drug-likeness (QED) is 0.544. The van der Waals surface area contributed by atoms with E-state index in [1.807, 2.05) is 42.6 Å². The van der Waals surface area contributed by atoms with Crippen molar-refractivity contribution in [3.8, 4) is 17.0 Å². The van der Waals surface area contributed by atoms with E-state index in [1.54, 1.807) is 6.20 Å². The lowest BCUT2D eigenvalue weighted by Gasteiger charge is -2.06. The van der Waals surface area contributed by atoms with Crippen LogP contribution in [0.3, 0.4) is 0 Å². The van der Waals surface area contributed by atoms with Crippen molar-refractivity contribution in [2.45, 2.75) is 12.8 Å². The number of imidazole rings is 1. The number of nitrogens with zero attached hydrogens (tertiary/aromatic N) is 1. The number of carbonyl (C=O) groups is 1. The Bertz CT molecular complexity index is 898. The zero-order chi connectivity index (χ0) is 17.6. The van der Waals surface area contributed by atoms with Crippen molar-refractivity contribution >= 4 is 5.91 Å². The molecule has 3 rings (SSSR count). The topological polar surface area (TPSA) is 111 Å². The smallest absolute Gasteiger partial charge is 0.325 e. The lowest BCUT2D eigenvalue weighted by atomic mass is 10.0. The predicted octanol–water partition coefficient (Wildman–Crippen LogP) is 1.37. The molecule has 2 aromatic heterocycles. The van der Waals surface area contributed by atoms with Crippen molar-refractivity contribution in [2.24, 2.45) is 0 Å². The lowest BCUT2D eigenvalue weighted by molar-refractivity contribution is -0.120. The Kier molecular flexibility index (Phi) is 4.94. The van der Waals surface area contributed by atoms with E-state index in [9.17, 15) is 14.7 Å². The van der Waals surface area contributed by atoms with Gasteiger partial charge in [0.25, 0.3) is 0 Å². The highest BCUT2D eigenvalue weighted by atomic mass is 16.3. The van der Waals surface area contributed by atoms with Crippen molar-refractivity contribution in [1.82, 2.24) is 20.3 Å². The van der Waals surface area contributed by atoms with Crippen molar-refractivity contribution < 1.29 is 9.90 Å². The Morgan fingerprint density at radius 3 is 2.56 bits per heavy atom. The highest BCUT2D eigenvalue weighted by Crippen LogP contribution is 2.18. The first-order chi connectivity index (χ1) is 12.1. The molecule has 1 amide bonds. The molecule has 7 nitrogen and oxygen atoms in total. The van der Waals surface area contributed by atoms with Crippen LogP contribution in [0.15, 0.2) is 53.6 Å². The summed E-state index contributed by atoms with van der Waals surface area (Å²) < 4.78 is 0. The molecule has 4 N–H and O–H groups in total. The molecule has 0 unspecified atom stereocenters. The number of aromatic amines is 2. The minimum Gasteiger partial charge on any atom is -0.493 e. The fraction of sp³-hybridized carbons (Fsp3) is 0.167. The maximum Gasteiger partial charge on any atom is 0.325 e. The van der Waals surface area contributed by atoms with Crippen LogP contribution < -0.4 is 11.0 Å². The van der Waals surface area contributed by atoms with Crippen molar-refractivity contribution in [3.63, 3.8) is 0 Å². The molecule has 0 fully saturated rings. The molecular weight excluding hydrogens is 320 g/mol. The molecule has 0 saturated carbocycles. The number of amides is 1. The number of aromatic nitrogens is 3. The Morgan fingerprint density at radius 1 is 1.12 bits per heavy atom. The summed E-state index contributed by atoms with van der Waals surface area (Å²) in [5, 5.41) is 12.2. The Balaban J connectivity index is 1.49. The molecule has 128 valence electrons. The van der Waals surface area contributed by atoms with Crippen molar-refractivity contribution in [3.05, 3.63) is 70.5 Å². The van der Waals surface area contributed by atoms with Gasteiger partial charge in [0.15, 0.2) is 0 Å². The van der Waals surface area contributed by atoms with Gasteiger partial charge in [-0.1, -0.05) is 30.3 Å². The predicted molar refractivity (Wildman–Crippen MR) is 93.2 cm³/mol. The molecule has 0 radical (unpaired) electrons. The van der Waals surface area contributed by atoms with Gasteiger partial charge in [-0.3, -0.25) is 14.8 Å². The summed E-state index contributed by atoms with van der Waals surface area (Å²) in [6.45, 7) is 0.473. The maximum absolute atomic E-state index is 11.8. The fourth-order valence-corrected chi connectivity index (χ4v) is 2.51. The van der Waals surface area contributed by atoms with Gasteiger partial charge in [0.1, 0.15) is 0 Å². The maximum atomic E-state index is 11.8. The third-order valence-corrected chi connectivity index (χ3v) is 3.80. The van der Waals surface area contributed by atoms with Gasteiger partial charge in [-0.05, 0) is 29.2 Å². The van der Waals surface area contributed by atoms with Crippen LogP contribution in [-0.2, 0) is 17.6 Å². The van der Waals surface area contributed by atoms with Crippen LogP contribution in [0.5, 0.6) is 5.88 Å². The molecule has 1 aromatic carbocycles. The Labute approximate surface area is 143 Å². The lowest BCUT2D eigenvalue weighted by Crippen LogP contribution is -2.27. The molecule has 2 heterocycles. The molecule has 0 aliphatic heterocycles. The molecule has 0 bridgehead atoms. The number of pyridine rings is 1. The molecule has 25 heavy (non-hydrogen) atoms. The van der Waals surface area contributed by atoms with Gasteiger partial charge < -0.3 is 15.4 Å². The number of hydrogen-bond donors (Lipinski definition) is 4. The van der Waals surface area contributed by atoms with Gasteiger partial charge in [0, 0.05) is 18.9 Å². The minimum atomic E-state index is -0.533. The molecule has 7 heteroatoms. The van der Waals surface area contributed by atoms with Gasteiger partial charge in [0.05, 0.1) is 12.1 Å². The van der Waals surface area contributed by atoms with E-state index in [0.29, 0.717) is 13.0 Å². The number of rotatable bonds is 6. The zero-order valence-corrected chi connectivity index (χ0v) is 13.5. The van der Waals surface area contributed by atoms with Gasteiger partial charge in [-0.25, -0.2) is 4.79 Å². The third-order valence-electron chi connectivity index (χ3n) is 3.80. The van der Waals surface area contributed by atoms with E-state index in [1.165, 1.54) is 0 Å². The van der Waals surface area contributed by atoms with Crippen molar-refractivity contribution in [1.29, 1.82) is 0 Å². The average Bonchev–Trinajstić information content (AvgIpc) is 2.93. The number of nitrogens with one attached hydrogen (secondary N) is 3. The summed E-state index contributed by atoms with van der Waals surface area (Å²) in [7, 11) is 0. The van der Waals surface area contributed by atoms with Gasteiger partial charge in [-0.15, -0.1) is 0 Å². The van der Waals surface area contributed by atoms with E-state index in [4.69, 9.17) is 0 Å². The molecule has 0 saturated heterocycles. The SMILES string of the molecule is O=C(Cc1[nH]c(=O)[nH]c1O)NCCc1ccc(-c2cccnc2)cc1. The molecular formula is C18H18N4O3. The first kappa shape index (κ1) is 16.5. The van der Waals surface area contributed by atoms with Crippen LogP contribution in [0.2, 0.25) is 0 Å². The van der Waals surface area contributed by atoms with Crippen LogP contribution in [-0.4, -0.2) is 32.5 Å². The van der Waals surface area contributed by atoms with Crippen LogP contribution in [0.1, 0.15) is 11.3 Å². The van der Waals surface area contributed by atoms with Crippen LogP contribution >= 0.6 is 0 Å². The second-order valence-electron chi connectivity index (χ2n) is 5.62. The van der Waals surface area contributed by atoms with Gasteiger partial charge >= 0.3 is 5.69 Å². The molecule has 0 aliphatic carbocycles. The third kappa shape index (κ3) is 4.35. The number of H-pyrrole nitrogens is 2. The fourth-order valence-electron chi connectivity index (χ4n) is 2.51. The van der Waals surface area contributed by atoms with Crippen LogP contribution in [0.25, 0.3) is 11.1 Å². The number of aromatic hydroxyl groups is 1. The first-order valence-corrected chi connectivity index (χ1v) is 7.88. The number of hydrogen-bond acceptors (Lipinski definition) is 4. The molecule has 0 aliphatic rings.